The van der Waals surface area contributed by atoms with Crippen LogP contribution in [0.5, 0.6) is 0 Å². The summed E-state index contributed by atoms with van der Waals surface area (Å²) in [5.74, 6) is 0.842. The minimum atomic E-state index is 0. The van der Waals surface area contributed by atoms with E-state index < -0.39 is 0 Å². The number of amidine groups is 1. The molecule has 0 bridgehead atoms. The second-order valence-electron chi connectivity index (χ2n) is 3.00. The quantitative estimate of drug-likeness (QED) is 0.541. The van der Waals surface area contributed by atoms with Gasteiger partial charge in [0.2, 0.25) is 0 Å². The third-order valence-electron chi connectivity index (χ3n) is 2.28. The smallest absolute Gasteiger partial charge is 1.00 e. The van der Waals surface area contributed by atoms with Gasteiger partial charge in [-0.1, -0.05) is 6.92 Å². The summed E-state index contributed by atoms with van der Waals surface area (Å²) < 4.78 is 0. The molecule has 1 N–H and O–H groups in total. The Kier molecular flexibility index (Phi) is 6.27. The van der Waals surface area contributed by atoms with Crippen LogP contribution in [0.15, 0.2) is 0 Å². The molecular formula is C8H17KN2. The zero-order valence-corrected chi connectivity index (χ0v) is 11.0. The number of likely N-dealkylation sites (tertiary alicyclic amines) is 1. The van der Waals surface area contributed by atoms with E-state index in [0.29, 0.717) is 6.04 Å². The monoisotopic (exact) mass is 180 g/mol. The van der Waals surface area contributed by atoms with Gasteiger partial charge in [0.15, 0.2) is 0 Å². The van der Waals surface area contributed by atoms with E-state index in [1.54, 1.807) is 0 Å². The van der Waals surface area contributed by atoms with E-state index in [0.717, 1.165) is 25.2 Å². The number of nitrogens with one attached hydrogen (secondary N) is 1. The minimum absolute atomic E-state index is 0. The van der Waals surface area contributed by atoms with Crippen molar-refractivity contribution in [1.82, 2.24) is 4.90 Å². The fraction of sp³-hybridized carbons (Fsp3) is 0.875. The molecule has 1 rings (SSSR count). The molecule has 60 valence electrons. The van der Waals surface area contributed by atoms with Crippen LogP contribution in [0.2, 0.25) is 0 Å². The first-order valence-corrected chi connectivity index (χ1v) is 4.09. The molecule has 1 aliphatic heterocycles. The Morgan fingerprint density at radius 2 is 2.36 bits per heavy atom. The van der Waals surface area contributed by atoms with Gasteiger partial charge >= 0.3 is 51.4 Å². The van der Waals surface area contributed by atoms with Crippen molar-refractivity contribution in [3.8, 4) is 0 Å². The normalized spacial score (nSPS) is 19.8. The number of nitrogens with zero attached hydrogens (tertiary/aromatic N) is 1. The average molecular weight is 180 g/mol. The molecule has 0 radical (unpaired) electrons. The van der Waals surface area contributed by atoms with Crippen molar-refractivity contribution < 1.29 is 52.8 Å². The summed E-state index contributed by atoms with van der Waals surface area (Å²) in [6, 6.07) is 0.579. The molecular weight excluding hydrogens is 163 g/mol. The van der Waals surface area contributed by atoms with Crippen LogP contribution in [-0.2, 0) is 0 Å². The Bertz CT molecular complexity index is 141. The van der Waals surface area contributed by atoms with Crippen LogP contribution in [0.25, 0.3) is 0 Å². The Hall–Kier alpha value is 1.11. The fourth-order valence-corrected chi connectivity index (χ4v) is 1.40. The van der Waals surface area contributed by atoms with Crippen molar-refractivity contribution in [2.24, 2.45) is 0 Å². The molecule has 1 fully saturated rings. The van der Waals surface area contributed by atoms with Crippen molar-refractivity contribution in [3.05, 3.63) is 0 Å². The third-order valence-corrected chi connectivity index (χ3v) is 2.28. The largest absolute Gasteiger partial charge is 1.00 e. The molecule has 1 saturated heterocycles. The maximum absolute atomic E-state index is 7.57. The topological polar surface area (TPSA) is 27.1 Å². The van der Waals surface area contributed by atoms with Gasteiger partial charge in [-0.25, -0.2) is 0 Å². The number of rotatable bonds is 2. The second kappa shape index (κ2) is 5.70. The summed E-state index contributed by atoms with van der Waals surface area (Å²) in [5.41, 5.74) is 0. The van der Waals surface area contributed by atoms with Gasteiger partial charge < -0.3 is 6.33 Å². The summed E-state index contributed by atoms with van der Waals surface area (Å²) >= 11 is 0. The standard InChI is InChI=1S/C8H16N2.K.H/c1-3-7(2)10-6-4-5-8(10)9;;/h7,9H,3-6H2,1-2H3;;/q;+1;-1. The van der Waals surface area contributed by atoms with Crippen LogP contribution >= 0.6 is 0 Å². The van der Waals surface area contributed by atoms with E-state index in [9.17, 15) is 0 Å². The van der Waals surface area contributed by atoms with Crippen molar-refractivity contribution in [1.29, 1.82) is 5.41 Å². The second-order valence-corrected chi connectivity index (χ2v) is 3.00. The molecule has 0 aliphatic carbocycles. The van der Waals surface area contributed by atoms with Crippen LogP contribution in [-0.4, -0.2) is 23.3 Å². The van der Waals surface area contributed by atoms with Gasteiger partial charge in [-0.15, -0.1) is 0 Å². The molecule has 1 atom stereocenters. The molecule has 0 aromatic rings. The molecule has 0 spiro atoms. The first-order valence-electron chi connectivity index (χ1n) is 4.09. The van der Waals surface area contributed by atoms with Gasteiger partial charge in [0.25, 0.3) is 0 Å². The zero-order chi connectivity index (χ0) is 7.56. The zero-order valence-electron chi connectivity index (χ0n) is 8.85. The van der Waals surface area contributed by atoms with Gasteiger partial charge in [-0.2, -0.15) is 0 Å². The van der Waals surface area contributed by atoms with E-state index in [1.165, 1.54) is 6.42 Å². The van der Waals surface area contributed by atoms with Gasteiger partial charge in [0.05, 0.1) is 5.84 Å². The van der Waals surface area contributed by atoms with Crippen LogP contribution in [0.3, 0.4) is 0 Å². The fourth-order valence-electron chi connectivity index (χ4n) is 1.40. The van der Waals surface area contributed by atoms with Crippen molar-refractivity contribution >= 4 is 5.84 Å². The van der Waals surface area contributed by atoms with E-state index in [1.807, 2.05) is 0 Å². The third kappa shape index (κ3) is 3.15. The van der Waals surface area contributed by atoms with E-state index in [4.69, 9.17) is 5.41 Å². The SMILES string of the molecule is CCC(C)N1CCCC1=N.[H-].[K+]. The molecule has 2 nitrogen and oxygen atoms in total. The van der Waals surface area contributed by atoms with E-state index in [-0.39, 0.29) is 52.8 Å². The molecule has 3 heteroatoms. The summed E-state index contributed by atoms with van der Waals surface area (Å²) in [6.45, 7) is 5.48. The molecule has 0 amide bonds. The van der Waals surface area contributed by atoms with E-state index in [2.05, 4.69) is 18.7 Å². The summed E-state index contributed by atoms with van der Waals surface area (Å²) in [5, 5.41) is 7.57. The van der Waals surface area contributed by atoms with E-state index >= 15 is 0 Å². The van der Waals surface area contributed by atoms with Crippen LogP contribution < -0.4 is 51.4 Å². The molecule has 1 unspecified atom stereocenters. The van der Waals surface area contributed by atoms with Crippen LogP contribution in [0.4, 0.5) is 0 Å². The Labute approximate surface area is 113 Å². The average Bonchev–Trinajstić information content (AvgIpc) is 2.34. The van der Waals surface area contributed by atoms with Crippen LogP contribution in [0.1, 0.15) is 34.5 Å². The summed E-state index contributed by atoms with van der Waals surface area (Å²) in [6.07, 6.45) is 3.33. The predicted octanol–water partition coefficient (Wildman–Crippen LogP) is -1.03. The number of hydrogen-bond acceptors (Lipinski definition) is 1. The van der Waals surface area contributed by atoms with Crippen molar-refractivity contribution in [2.45, 2.75) is 39.2 Å². The van der Waals surface area contributed by atoms with Crippen molar-refractivity contribution in [2.75, 3.05) is 6.54 Å². The molecule has 1 heterocycles. The summed E-state index contributed by atoms with van der Waals surface area (Å²) in [4.78, 5) is 2.21. The molecule has 1 aliphatic rings. The molecule has 0 aromatic heterocycles. The van der Waals surface area contributed by atoms with Gasteiger partial charge in [0, 0.05) is 19.0 Å². The predicted molar refractivity (Wildman–Crippen MR) is 44.5 cm³/mol. The number of hydrogen-bond donors (Lipinski definition) is 1. The molecule has 0 aromatic carbocycles. The first kappa shape index (κ1) is 12.1. The van der Waals surface area contributed by atoms with Crippen molar-refractivity contribution in [3.63, 3.8) is 0 Å². The molecule has 0 saturated carbocycles. The Morgan fingerprint density at radius 3 is 2.73 bits per heavy atom. The van der Waals surface area contributed by atoms with Crippen LogP contribution in [0, 0.1) is 5.41 Å². The Balaban J connectivity index is 0. The van der Waals surface area contributed by atoms with Gasteiger partial charge in [-0.3, -0.25) is 5.41 Å². The molecule has 11 heavy (non-hydrogen) atoms. The maximum atomic E-state index is 7.57. The first-order chi connectivity index (χ1) is 4.75. The summed E-state index contributed by atoms with van der Waals surface area (Å²) in [7, 11) is 0. The van der Waals surface area contributed by atoms with Gasteiger partial charge in [0.1, 0.15) is 0 Å². The maximum Gasteiger partial charge on any atom is 1.00 e. The minimum Gasteiger partial charge on any atom is -1.00 e. The Morgan fingerprint density at radius 1 is 1.73 bits per heavy atom. The van der Waals surface area contributed by atoms with Gasteiger partial charge in [-0.05, 0) is 19.8 Å².